The first-order valence-electron chi connectivity index (χ1n) is 10.7. The first-order chi connectivity index (χ1) is 15.9. The zero-order valence-electron chi connectivity index (χ0n) is 19.6. The summed E-state index contributed by atoms with van der Waals surface area (Å²) in [5.41, 5.74) is -1.04. The molecule has 2 aromatic carbocycles. The fourth-order valence-corrected chi connectivity index (χ4v) is 4.75. The number of benzene rings is 2. The second-order valence-corrected chi connectivity index (χ2v) is 10.2. The number of thioether (sulfide) groups is 1. The van der Waals surface area contributed by atoms with Crippen LogP contribution in [0.1, 0.15) is 38.1 Å². The number of anilines is 1. The molecule has 9 heteroatoms. The van der Waals surface area contributed by atoms with Gasteiger partial charge in [-0.15, -0.1) is 0 Å². The van der Waals surface area contributed by atoms with Crippen LogP contribution in [-0.2, 0) is 0 Å². The summed E-state index contributed by atoms with van der Waals surface area (Å²) in [5, 5.41) is 3.46. The average Bonchev–Trinajstić information content (AvgIpc) is 2.75. The standard InChI is InChI=1S/C25H27F5N2OS/c1-14(2)34-13-24(4,25(28,29)30)23(17-11-12-18(26)22(33-5)21(17)27)32-20-8-6-7-19-16(20)10-9-15(3)31-19/h6-12,14,23,32H,13H2,1-5H3. The summed E-state index contributed by atoms with van der Waals surface area (Å²) in [6.07, 6.45) is -4.71. The number of aryl methyl sites for hydroxylation is 1. The van der Waals surface area contributed by atoms with Crippen molar-refractivity contribution >= 4 is 28.4 Å². The number of nitrogens with zero attached hydrogens (tertiary/aromatic N) is 1. The Bertz CT molecular complexity index is 1170. The molecule has 0 bridgehead atoms. The SMILES string of the molecule is COc1c(F)ccc(C(Nc2cccc3nc(C)ccc23)C(C)(CSC(C)C)C(F)(F)F)c1F. The Balaban J connectivity index is 2.25. The molecule has 1 N–H and O–H groups in total. The topological polar surface area (TPSA) is 34.1 Å². The Morgan fingerprint density at radius 1 is 1.06 bits per heavy atom. The number of hydrogen-bond acceptors (Lipinski definition) is 4. The van der Waals surface area contributed by atoms with Gasteiger partial charge in [0.25, 0.3) is 0 Å². The quantitative estimate of drug-likeness (QED) is 0.323. The van der Waals surface area contributed by atoms with Gasteiger partial charge in [0.05, 0.1) is 24.1 Å². The van der Waals surface area contributed by atoms with E-state index in [1.54, 1.807) is 44.2 Å². The Kier molecular flexibility index (Phi) is 7.65. The lowest BCUT2D eigenvalue weighted by atomic mass is 9.78. The predicted octanol–water partition coefficient (Wildman–Crippen LogP) is 7.69. The van der Waals surface area contributed by atoms with Crippen molar-refractivity contribution in [3.63, 3.8) is 0 Å². The largest absolute Gasteiger partial charge is 0.491 e. The number of hydrogen-bond donors (Lipinski definition) is 1. The minimum atomic E-state index is -4.71. The molecule has 0 amide bonds. The molecule has 0 spiro atoms. The zero-order valence-corrected chi connectivity index (χ0v) is 20.4. The third-order valence-electron chi connectivity index (χ3n) is 5.77. The van der Waals surface area contributed by atoms with Crippen LogP contribution in [0.15, 0.2) is 42.5 Å². The molecule has 184 valence electrons. The van der Waals surface area contributed by atoms with Crippen molar-refractivity contribution in [2.24, 2.45) is 5.41 Å². The molecule has 0 aliphatic carbocycles. The van der Waals surface area contributed by atoms with Crippen LogP contribution in [0.4, 0.5) is 27.6 Å². The number of ether oxygens (including phenoxy) is 1. The van der Waals surface area contributed by atoms with Crippen molar-refractivity contribution in [1.82, 2.24) is 4.98 Å². The summed E-state index contributed by atoms with van der Waals surface area (Å²) < 4.78 is 78.3. The minimum absolute atomic E-state index is 0.0837. The van der Waals surface area contributed by atoms with Crippen molar-refractivity contribution < 1.29 is 26.7 Å². The van der Waals surface area contributed by atoms with E-state index in [-0.39, 0.29) is 16.6 Å². The maximum absolute atomic E-state index is 15.4. The third-order valence-corrected chi connectivity index (χ3v) is 7.20. The van der Waals surface area contributed by atoms with Crippen LogP contribution in [0.25, 0.3) is 10.9 Å². The van der Waals surface area contributed by atoms with E-state index in [0.717, 1.165) is 43.6 Å². The second-order valence-electron chi connectivity index (χ2n) is 8.66. The van der Waals surface area contributed by atoms with Gasteiger partial charge < -0.3 is 10.1 Å². The molecule has 0 saturated carbocycles. The van der Waals surface area contributed by atoms with E-state index in [1.807, 2.05) is 6.92 Å². The monoisotopic (exact) mass is 498 g/mol. The number of alkyl halides is 3. The number of pyridine rings is 1. The molecule has 3 aromatic rings. The smallest absolute Gasteiger partial charge is 0.397 e. The van der Waals surface area contributed by atoms with Crippen molar-refractivity contribution in [2.75, 3.05) is 18.2 Å². The van der Waals surface area contributed by atoms with Gasteiger partial charge in [0.2, 0.25) is 0 Å². The van der Waals surface area contributed by atoms with Crippen LogP contribution in [-0.4, -0.2) is 29.3 Å². The average molecular weight is 499 g/mol. The fourth-order valence-electron chi connectivity index (χ4n) is 3.74. The number of rotatable bonds is 8. The number of nitrogens with one attached hydrogen (secondary N) is 1. The number of fused-ring (bicyclic) bond motifs is 1. The van der Waals surface area contributed by atoms with E-state index in [2.05, 4.69) is 10.3 Å². The number of methoxy groups -OCH3 is 1. The highest BCUT2D eigenvalue weighted by molar-refractivity contribution is 7.99. The van der Waals surface area contributed by atoms with Gasteiger partial charge in [0.1, 0.15) is 0 Å². The van der Waals surface area contributed by atoms with Gasteiger partial charge >= 0.3 is 6.18 Å². The molecule has 0 saturated heterocycles. The highest BCUT2D eigenvalue weighted by Gasteiger charge is 2.57. The van der Waals surface area contributed by atoms with Gasteiger partial charge in [-0.25, -0.2) is 8.78 Å². The van der Waals surface area contributed by atoms with Crippen molar-refractivity contribution in [1.29, 1.82) is 0 Å². The van der Waals surface area contributed by atoms with Crippen molar-refractivity contribution in [2.45, 2.75) is 45.2 Å². The summed E-state index contributed by atoms with van der Waals surface area (Å²) in [7, 11) is 1.07. The summed E-state index contributed by atoms with van der Waals surface area (Å²) in [6.45, 7) is 6.46. The first kappa shape index (κ1) is 26.1. The molecule has 2 unspecified atom stereocenters. The van der Waals surface area contributed by atoms with Gasteiger partial charge in [-0.05, 0) is 49.4 Å². The fraction of sp³-hybridized carbons (Fsp3) is 0.400. The molecule has 0 radical (unpaired) electrons. The molecule has 1 aromatic heterocycles. The lowest BCUT2D eigenvalue weighted by molar-refractivity contribution is -0.215. The van der Waals surface area contributed by atoms with Gasteiger partial charge in [-0.3, -0.25) is 4.98 Å². The van der Waals surface area contributed by atoms with E-state index >= 15 is 4.39 Å². The third kappa shape index (κ3) is 5.09. The maximum Gasteiger partial charge on any atom is 0.397 e. The zero-order chi connectivity index (χ0) is 25.3. The number of halogens is 5. The Morgan fingerprint density at radius 2 is 1.76 bits per heavy atom. The summed E-state index contributed by atoms with van der Waals surface area (Å²) >= 11 is 1.12. The van der Waals surface area contributed by atoms with Crippen molar-refractivity contribution in [3.8, 4) is 5.75 Å². The van der Waals surface area contributed by atoms with Crippen molar-refractivity contribution in [3.05, 3.63) is 65.4 Å². The van der Waals surface area contributed by atoms with Crippen LogP contribution < -0.4 is 10.1 Å². The van der Waals surface area contributed by atoms with E-state index in [0.29, 0.717) is 16.6 Å². The molecule has 34 heavy (non-hydrogen) atoms. The van der Waals surface area contributed by atoms with Crippen LogP contribution in [0.3, 0.4) is 0 Å². The molecule has 3 rings (SSSR count). The van der Waals surface area contributed by atoms with E-state index in [4.69, 9.17) is 4.74 Å². The van der Waals surface area contributed by atoms with Gasteiger partial charge in [-0.1, -0.05) is 26.0 Å². The molecular weight excluding hydrogens is 471 g/mol. The normalized spacial score (nSPS) is 14.8. The first-order valence-corrected chi connectivity index (χ1v) is 11.8. The van der Waals surface area contributed by atoms with Crippen LogP contribution in [0.2, 0.25) is 0 Å². The Hall–Kier alpha value is -2.55. The summed E-state index contributed by atoms with van der Waals surface area (Å²) in [5.74, 6) is -3.22. The minimum Gasteiger partial charge on any atom is -0.491 e. The summed E-state index contributed by atoms with van der Waals surface area (Å²) in [6, 6.07) is 8.94. The van der Waals surface area contributed by atoms with Crippen LogP contribution in [0.5, 0.6) is 5.75 Å². The number of aromatic nitrogens is 1. The van der Waals surface area contributed by atoms with Gasteiger partial charge in [0.15, 0.2) is 17.4 Å². The maximum atomic E-state index is 15.4. The lowest BCUT2D eigenvalue weighted by Crippen LogP contribution is -2.46. The molecule has 1 heterocycles. The molecule has 0 aliphatic heterocycles. The molecule has 3 nitrogen and oxygen atoms in total. The van der Waals surface area contributed by atoms with E-state index < -0.39 is 35.0 Å². The summed E-state index contributed by atoms with van der Waals surface area (Å²) in [4.78, 5) is 4.43. The Labute approximate surface area is 200 Å². The molecular formula is C25H27F5N2OS. The lowest BCUT2D eigenvalue weighted by Gasteiger charge is -2.41. The van der Waals surface area contributed by atoms with Crippen LogP contribution >= 0.6 is 11.8 Å². The van der Waals surface area contributed by atoms with E-state index in [9.17, 15) is 17.6 Å². The van der Waals surface area contributed by atoms with E-state index in [1.165, 1.54) is 0 Å². The molecule has 0 aliphatic rings. The second kappa shape index (κ2) is 9.98. The Morgan fingerprint density at radius 3 is 2.38 bits per heavy atom. The predicted molar refractivity (Wildman–Crippen MR) is 128 cm³/mol. The van der Waals surface area contributed by atoms with Crippen LogP contribution in [0, 0.1) is 24.0 Å². The molecule has 0 fully saturated rings. The van der Waals surface area contributed by atoms with Gasteiger partial charge in [0, 0.05) is 28.1 Å². The molecule has 2 atom stereocenters. The highest BCUT2D eigenvalue weighted by atomic mass is 32.2. The van der Waals surface area contributed by atoms with Gasteiger partial charge in [-0.2, -0.15) is 24.9 Å². The highest BCUT2D eigenvalue weighted by Crippen LogP contribution is 2.52.